The van der Waals surface area contributed by atoms with E-state index < -0.39 is 17.1 Å². The Hall–Kier alpha value is -2.15. The highest BCUT2D eigenvalue weighted by Crippen LogP contribution is 2.33. The van der Waals surface area contributed by atoms with Gasteiger partial charge in [-0.15, -0.1) is 0 Å². The molecule has 1 aromatic carbocycles. The number of hydrogen-bond acceptors (Lipinski definition) is 3. The van der Waals surface area contributed by atoms with Crippen molar-refractivity contribution in [2.75, 3.05) is 0 Å². The Morgan fingerprint density at radius 1 is 1.08 bits per heavy atom. The number of hydrogen-bond donors (Lipinski definition) is 0. The van der Waals surface area contributed by atoms with Crippen molar-refractivity contribution < 1.29 is 17.9 Å². The van der Waals surface area contributed by atoms with Crippen LogP contribution in [-0.4, -0.2) is 14.5 Å². The Morgan fingerprint density at radius 2 is 1.69 bits per heavy atom. The topological polar surface area (TPSA) is 50.3 Å². The highest BCUT2D eigenvalue weighted by Gasteiger charge is 2.37. The van der Waals surface area contributed by atoms with Gasteiger partial charge in [-0.1, -0.05) is 36.7 Å². The molecule has 0 amide bonds. The van der Waals surface area contributed by atoms with Gasteiger partial charge in [0.15, 0.2) is 5.69 Å². The lowest BCUT2D eigenvalue weighted by molar-refractivity contribution is -0.145. The van der Waals surface area contributed by atoms with E-state index in [1.54, 1.807) is 36.4 Å². The van der Waals surface area contributed by atoms with Gasteiger partial charge in [-0.2, -0.15) is 18.4 Å². The Balaban J connectivity index is 2.05. The largest absolute Gasteiger partial charge is 0.480 e. The van der Waals surface area contributed by atoms with Gasteiger partial charge in [-0.3, -0.25) is 4.40 Å². The molecule has 3 rings (SSSR count). The minimum absolute atomic E-state index is 0.116. The van der Waals surface area contributed by atoms with E-state index in [2.05, 4.69) is 23.5 Å². The van der Waals surface area contributed by atoms with Crippen LogP contribution in [0.1, 0.15) is 18.4 Å². The number of benzene rings is 1. The van der Waals surface area contributed by atoms with Gasteiger partial charge in [-0.25, -0.2) is 4.98 Å². The summed E-state index contributed by atoms with van der Waals surface area (Å²) in [5.41, 5.74) is 1.14. The first-order valence-electron chi connectivity index (χ1n) is 7.45. The average molecular weight is 395 g/mol. The summed E-state index contributed by atoms with van der Waals surface area (Å²) in [7, 11) is 5.07. The number of fused-ring (bicyclic) bond motifs is 1. The van der Waals surface area contributed by atoms with Gasteiger partial charge in [0, 0.05) is 6.20 Å². The zero-order chi connectivity index (χ0) is 19.1. The highest BCUT2D eigenvalue weighted by molar-refractivity contribution is 7.39. The van der Waals surface area contributed by atoms with Gasteiger partial charge < -0.3 is 4.74 Å². The summed E-state index contributed by atoms with van der Waals surface area (Å²) in [6.07, 6.45) is -3.33. The fourth-order valence-corrected chi connectivity index (χ4v) is 2.78. The molecule has 0 radical (unpaired) electrons. The van der Waals surface area contributed by atoms with Crippen LogP contribution in [0.3, 0.4) is 0 Å². The van der Waals surface area contributed by atoms with Gasteiger partial charge in [0.2, 0.25) is 5.82 Å². The molecule has 0 aliphatic rings. The fourth-order valence-electron chi connectivity index (χ4n) is 2.51. The second kappa shape index (κ2) is 6.54. The third kappa shape index (κ3) is 3.82. The third-order valence-corrected chi connectivity index (χ3v) is 3.76. The monoisotopic (exact) mass is 395 g/mol. The highest BCUT2D eigenvalue weighted by atomic mass is 31.1. The van der Waals surface area contributed by atoms with Crippen LogP contribution in [0.4, 0.5) is 13.2 Å². The zero-order valence-electron chi connectivity index (χ0n) is 13.6. The van der Waals surface area contributed by atoms with Crippen LogP contribution >= 0.6 is 18.5 Å². The van der Waals surface area contributed by atoms with E-state index in [0.717, 1.165) is 4.40 Å². The summed E-state index contributed by atoms with van der Waals surface area (Å²) in [6, 6.07) is 11.8. The first kappa shape index (κ1) is 18.6. The maximum Gasteiger partial charge on any atom is 0.450 e. The molecule has 134 valence electrons. The summed E-state index contributed by atoms with van der Waals surface area (Å²) < 4.78 is 46.2. The van der Waals surface area contributed by atoms with Crippen LogP contribution in [0.2, 0.25) is 0 Å². The predicted molar refractivity (Wildman–Crippen MR) is 98.8 cm³/mol. The number of rotatable bonds is 3. The summed E-state index contributed by atoms with van der Waals surface area (Å²) in [5.74, 6) is -0.486. The maximum absolute atomic E-state index is 13.2. The van der Waals surface area contributed by atoms with E-state index in [4.69, 9.17) is 10.00 Å². The summed E-state index contributed by atoms with van der Waals surface area (Å²) in [6.45, 7) is 1.86. The first-order chi connectivity index (χ1) is 12.1. The molecule has 2 heterocycles. The summed E-state index contributed by atoms with van der Waals surface area (Å²) in [5, 5.41) is 8.51. The number of nitriles is 1. The van der Waals surface area contributed by atoms with Crippen molar-refractivity contribution in [3.63, 3.8) is 0 Å². The molecule has 26 heavy (non-hydrogen) atoms. The smallest absolute Gasteiger partial charge is 0.450 e. The van der Waals surface area contributed by atoms with E-state index in [-0.39, 0.29) is 11.2 Å². The predicted octanol–water partition coefficient (Wildman–Crippen LogP) is 4.69. The fraction of sp³-hybridized carbons (Fsp3) is 0.176. The normalized spacial score (nSPS) is 12.2. The molecular weight excluding hydrogens is 381 g/mol. The van der Waals surface area contributed by atoms with Crippen molar-refractivity contribution in [1.29, 1.82) is 5.26 Å². The SMILES string of the molecule is CC(P)(P)Oc1ccc(-c2ccc3c(C#N)nc(C(F)(F)F)n3c2)cc1. The Morgan fingerprint density at radius 3 is 2.23 bits per heavy atom. The Bertz CT molecular complexity index is 999. The van der Waals surface area contributed by atoms with Crippen LogP contribution in [0.5, 0.6) is 5.75 Å². The molecule has 0 saturated carbocycles. The minimum atomic E-state index is -4.66. The Labute approximate surface area is 152 Å². The molecule has 3 aromatic rings. The minimum Gasteiger partial charge on any atom is -0.480 e. The van der Waals surface area contributed by atoms with Crippen LogP contribution < -0.4 is 4.74 Å². The number of halogens is 3. The average Bonchev–Trinajstić information content (AvgIpc) is 2.92. The lowest BCUT2D eigenvalue weighted by Crippen LogP contribution is -2.14. The van der Waals surface area contributed by atoms with Gasteiger partial charge in [-0.05, 0) is 36.2 Å². The van der Waals surface area contributed by atoms with Gasteiger partial charge in [0.05, 0.1) is 5.52 Å². The van der Waals surface area contributed by atoms with Crippen molar-refractivity contribution in [1.82, 2.24) is 9.38 Å². The third-order valence-electron chi connectivity index (χ3n) is 3.52. The molecular formula is C17H14F3N3OP2. The van der Waals surface area contributed by atoms with E-state index in [9.17, 15) is 13.2 Å². The van der Waals surface area contributed by atoms with Gasteiger partial charge in [0.25, 0.3) is 0 Å². The Kier molecular flexibility index (Phi) is 4.69. The van der Waals surface area contributed by atoms with Crippen LogP contribution in [0, 0.1) is 11.3 Å². The molecule has 0 bridgehead atoms. The first-order valence-corrected chi connectivity index (χ1v) is 8.60. The van der Waals surface area contributed by atoms with Gasteiger partial charge in [0.1, 0.15) is 16.9 Å². The van der Waals surface area contributed by atoms with Crippen LogP contribution in [0.25, 0.3) is 16.6 Å². The number of aromatic nitrogens is 2. The number of imidazole rings is 1. The van der Waals surface area contributed by atoms with Gasteiger partial charge >= 0.3 is 6.18 Å². The molecule has 0 saturated heterocycles. The molecule has 9 heteroatoms. The van der Waals surface area contributed by atoms with E-state index in [0.29, 0.717) is 16.9 Å². The second-order valence-electron chi connectivity index (χ2n) is 5.88. The van der Waals surface area contributed by atoms with Crippen molar-refractivity contribution in [3.05, 3.63) is 54.1 Å². The molecule has 2 aromatic heterocycles. The van der Waals surface area contributed by atoms with Crippen molar-refractivity contribution in [2.45, 2.75) is 18.2 Å². The molecule has 0 spiro atoms. The van der Waals surface area contributed by atoms with Crippen LogP contribution in [0.15, 0.2) is 42.6 Å². The molecule has 2 atom stereocenters. The zero-order valence-corrected chi connectivity index (χ0v) is 15.9. The summed E-state index contributed by atoms with van der Waals surface area (Å²) in [4.78, 5) is 3.42. The molecule has 0 fully saturated rings. The second-order valence-corrected chi connectivity index (χ2v) is 8.84. The number of ether oxygens (including phenoxy) is 1. The molecule has 0 aliphatic carbocycles. The number of pyridine rings is 1. The van der Waals surface area contributed by atoms with E-state index in [1.807, 2.05) is 6.92 Å². The quantitative estimate of drug-likeness (QED) is 0.605. The maximum atomic E-state index is 13.2. The number of nitrogens with zero attached hydrogens (tertiary/aromatic N) is 3. The van der Waals surface area contributed by atoms with Crippen molar-refractivity contribution in [3.8, 4) is 22.9 Å². The van der Waals surface area contributed by atoms with E-state index in [1.165, 1.54) is 12.3 Å². The number of alkyl halides is 3. The van der Waals surface area contributed by atoms with Crippen molar-refractivity contribution >= 4 is 24.0 Å². The van der Waals surface area contributed by atoms with Crippen molar-refractivity contribution in [2.24, 2.45) is 0 Å². The molecule has 4 nitrogen and oxygen atoms in total. The standard InChI is InChI=1S/C17H14F3N3OP2/c1-16(25,26)24-12-5-2-10(3-6-12)11-4-7-14-13(8-21)22-15(17(18,19)20)23(14)9-11/h2-7,9H,25-26H2,1H3. The molecule has 0 N–H and O–H groups in total. The van der Waals surface area contributed by atoms with E-state index >= 15 is 0 Å². The van der Waals surface area contributed by atoms with Crippen LogP contribution in [-0.2, 0) is 6.18 Å². The molecule has 0 aliphatic heterocycles. The summed E-state index contributed by atoms with van der Waals surface area (Å²) >= 11 is 0. The molecule has 2 unspecified atom stereocenters. The lowest BCUT2D eigenvalue weighted by atomic mass is 10.1. The lowest BCUT2D eigenvalue weighted by Gasteiger charge is -2.20.